The molecule has 2 amide bonds. The van der Waals surface area contributed by atoms with Gasteiger partial charge in [-0.3, -0.25) is 9.59 Å². The maximum absolute atomic E-state index is 12.0. The number of alkyl halides is 1. The van der Waals surface area contributed by atoms with Gasteiger partial charge in [-0.25, -0.2) is 4.39 Å². The summed E-state index contributed by atoms with van der Waals surface area (Å²) in [6, 6.07) is 4.56. The smallest absolute Gasteiger partial charge is 0.252 e. The number of amides is 2. The fraction of sp³-hybridized carbons (Fsp3) is 0.385. The van der Waals surface area contributed by atoms with Crippen LogP contribution in [0.15, 0.2) is 22.7 Å². The number of carbonyl (C=O) groups is 2. The van der Waals surface area contributed by atoms with E-state index in [2.05, 4.69) is 26.6 Å². The number of rotatable bonds is 5. The Bertz CT molecular complexity index is 480. The van der Waals surface area contributed by atoms with Crippen molar-refractivity contribution in [3.8, 4) is 0 Å². The minimum absolute atomic E-state index is 0.0453. The van der Waals surface area contributed by atoms with Crippen LogP contribution in [0.5, 0.6) is 0 Å². The van der Waals surface area contributed by atoms with Crippen molar-refractivity contribution in [3.63, 3.8) is 0 Å². The van der Waals surface area contributed by atoms with E-state index in [1.807, 2.05) is 13.0 Å². The molecule has 0 spiro atoms. The summed E-state index contributed by atoms with van der Waals surface area (Å²) in [5.74, 6) is -0.728. The van der Waals surface area contributed by atoms with Gasteiger partial charge in [0.25, 0.3) is 5.91 Å². The Labute approximate surface area is 119 Å². The Balaban J connectivity index is 2.66. The zero-order valence-corrected chi connectivity index (χ0v) is 12.4. The number of hydrogen-bond donors (Lipinski definition) is 2. The van der Waals surface area contributed by atoms with Crippen LogP contribution in [0.4, 0.5) is 4.39 Å². The van der Waals surface area contributed by atoms with Gasteiger partial charge < -0.3 is 10.6 Å². The monoisotopic (exact) mass is 330 g/mol. The van der Waals surface area contributed by atoms with Gasteiger partial charge in [-0.2, -0.15) is 0 Å². The molecule has 1 atom stereocenters. The Hall–Kier alpha value is -1.43. The van der Waals surface area contributed by atoms with E-state index in [0.717, 1.165) is 10.0 Å². The maximum atomic E-state index is 12.0. The molecule has 0 bridgehead atoms. The average molecular weight is 331 g/mol. The zero-order chi connectivity index (χ0) is 14.4. The molecule has 0 heterocycles. The molecule has 0 saturated heterocycles. The molecule has 1 aromatic rings. The predicted molar refractivity (Wildman–Crippen MR) is 74.8 cm³/mol. The van der Waals surface area contributed by atoms with E-state index in [1.165, 1.54) is 0 Å². The van der Waals surface area contributed by atoms with Crippen LogP contribution >= 0.6 is 15.9 Å². The molecule has 6 heteroatoms. The third-order valence-corrected chi connectivity index (χ3v) is 3.06. The molecule has 1 aromatic carbocycles. The second kappa shape index (κ2) is 7.23. The van der Waals surface area contributed by atoms with Gasteiger partial charge in [-0.05, 0) is 37.6 Å². The fourth-order valence-electron chi connectivity index (χ4n) is 1.55. The average Bonchev–Trinajstić information content (AvgIpc) is 2.35. The van der Waals surface area contributed by atoms with Gasteiger partial charge in [0.1, 0.15) is 12.7 Å². The molecular formula is C13H16BrFN2O2. The van der Waals surface area contributed by atoms with Crippen LogP contribution in [0.25, 0.3) is 0 Å². The molecule has 0 fully saturated rings. The lowest BCUT2D eigenvalue weighted by molar-refractivity contribution is -0.122. The van der Waals surface area contributed by atoms with Gasteiger partial charge >= 0.3 is 0 Å². The topological polar surface area (TPSA) is 58.2 Å². The summed E-state index contributed by atoms with van der Waals surface area (Å²) in [4.78, 5) is 23.5. The van der Waals surface area contributed by atoms with E-state index in [9.17, 15) is 14.0 Å². The molecule has 0 aliphatic carbocycles. The van der Waals surface area contributed by atoms with Crippen LogP contribution in [-0.4, -0.2) is 31.1 Å². The first-order chi connectivity index (χ1) is 8.95. The molecule has 0 saturated carbocycles. The van der Waals surface area contributed by atoms with E-state index < -0.39 is 18.6 Å². The molecule has 1 rings (SSSR count). The summed E-state index contributed by atoms with van der Waals surface area (Å²) in [5, 5.41) is 4.95. The van der Waals surface area contributed by atoms with Crippen LogP contribution < -0.4 is 10.6 Å². The number of hydrogen-bond acceptors (Lipinski definition) is 2. The van der Waals surface area contributed by atoms with Crippen molar-refractivity contribution in [2.75, 3.05) is 13.2 Å². The second-order valence-electron chi connectivity index (χ2n) is 4.13. The summed E-state index contributed by atoms with van der Waals surface area (Å²) < 4.78 is 12.8. The van der Waals surface area contributed by atoms with Gasteiger partial charge in [0.15, 0.2) is 0 Å². The molecule has 0 radical (unpaired) electrons. The molecular weight excluding hydrogens is 315 g/mol. The second-order valence-corrected chi connectivity index (χ2v) is 5.05. The van der Waals surface area contributed by atoms with Gasteiger partial charge in [-0.15, -0.1) is 0 Å². The zero-order valence-electron chi connectivity index (χ0n) is 10.8. The van der Waals surface area contributed by atoms with Crippen LogP contribution in [0.3, 0.4) is 0 Å². The first-order valence-electron chi connectivity index (χ1n) is 5.86. The maximum Gasteiger partial charge on any atom is 0.252 e. The lowest BCUT2D eigenvalue weighted by atomic mass is 10.1. The van der Waals surface area contributed by atoms with E-state index in [4.69, 9.17) is 0 Å². The van der Waals surface area contributed by atoms with Crippen molar-refractivity contribution >= 4 is 27.7 Å². The third kappa shape index (κ3) is 4.63. The largest absolute Gasteiger partial charge is 0.352 e. The Kier molecular flexibility index (Phi) is 5.95. The van der Waals surface area contributed by atoms with Crippen molar-refractivity contribution in [3.05, 3.63) is 33.8 Å². The first-order valence-corrected chi connectivity index (χ1v) is 6.65. The van der Waals surface area contributed by atoms with Crippen LogP contribution in [0.2, 0.25) is 0 Å². The predicted octanol–water partition coefficient (Wildman–Crippen LogP) is 1.96. The lowest BCUT2D eigenvalue weighted by Crippen LogP contribution is -2.45. The van der Waals surface area contributed by atoms with Gasteiger partial charge in [-0.1, -0.05) is 15.9 Å². The highest BCUT2D eigenvalue weighted by Crippen LogP contribution is 2.15. The summed E-state index contributed by atoms with van der Waals surface area (Å²) in [7, 11) is 0. The van der Waals surface area contributed by atoms with Gasteiger partial charge in [0.2, 0.25) is 5.91 Å². The van der Waals surface area contributed by atoms with Crippen molar-refractivity contribution in [1.29, 1.82) is 0 Å². The number of aryl methyl sites for hydroxylation is 1. The Morgan fingerprint density at radius 1 is 1.42 bits per heavy atom. The molecule has 2 N–H and O–H groups in total. The number of nitrogens with one attached hydrogen (secondary N) is 2. The van der Waals surface area contributed by atoms with Crippen molar-refractivity contribution in [2.45, 2.75) is 19.9 Å². The molecule has 0 aromatic heterocycles. The minimum Gasteiger partial charge on any atom is -0.352 e. The highest BCUT2D eigenvalue weighted by molar-refractivity contribution is 9.10. The molecule has 0 aliphatic heterocycles. The van der Waals surface area contributed by atoms with Crippen molar-refractivity contribution < 1.29 is 14.0 Å². The summed E-state index contributed by atoms with van der Waals surface area (Å²) in [6.07, 6.45) is 0. The highest BCUT2D eigenvalue weighted by Gasteiger charge is 2.17. The standard InChI is InChI=1S/C13H16BrFN2O2/c1-8-7-10(14)3-4-11(8)13(19)17-9(2)12(18)16-6-5-15/h3-4,7,9H,5-6H2,1-2H3,(H,16,18)(H,17,19)/t9-/m0/s1. The van der Waals surface area contributed by atoms with Crippen molar-refractivity contribution in [1.82, 2.24) is 10.6 Å². The summed E-state index contributed by atoms with van der Waals surface area (Å²) in [5.41, 5.74) is 1.32. The number of halogens is 2. The minimum atomic E-state index is -0.706. The molecule has 0 aliphatic rings. The quantitative estimate of drug-likeness (QED) is 0.867. The summed E-state index contributed by atoms with van der Waals surface area (Å²) in [6.45, 7) is 2.70. The van der Waals surface area contributed by atoms with Gasteiger partial charge in [0, 0.05) is 16.6 Å². The highest BCUT2D eigenvalue weighted by atomic mass is 79.9. The Morgan fingerprint density at radius 2 is 2.11 bits per heavy atom. The summed E-state index contributed by atoms with van der Waals surface area (Å²) >= 11 is 3.32. The van der Waals surface area contributed by atoms with Gasteiger partial charge in [0.05, 0.1) is 0 Å². The van der Waals surface area contributed by atoms with E-state index >= 15 is 0 Å². The van der Waals surface area contributed by atoms with Crippen LogP contribution in [-0.2, 0) is 4.79 Å². The van der Waals surface area contributed by atoms with E-state index in [-0.39, 0.29) is 12.5 Å². The third-order valence-electron chi connectivity index (χ3n) is 2.57. The number of carbonyl (C=O) groups excluding carboxylic acids is 2. The first kappa shape index (κ1) is 15.6. The van der Waals surface area contributed by atoms with Crippen LogP contribution in [0.1, 0.15) is 22.8 Å². The van der Waals surface area contributed by atoms with Crippen molar-refractivity contribution in [2.24, 2.45) is 0 Å². The van der Waals surface area contributed by atoms with E-state index in [1.54, 1.807) is 19.1 Å². The molecule has 19 heavy (non-hydrogen) atoms. The molecule has 4 nitrogen and oxygen atoms in total. The lowest BCUT2D eigenvalue weighted by Gasteiger charge is -2.14. The number of benzene rings is 1. The fourth-order valence-corrected chi connectivity index (χ4v) is 2.02. The Morgan fingerprint density at radius 3 is 2.68 bits per heavy atom. The van der Waals surface area contributed by atoms with E-state index in [0.29, 0.717) is 5.56 Å². The van der Waals surface area contributed by atoms with Crippen LogP contribution in [0, 0.1) is 6.92 Å². The molecule has 104 valence electrons. The SMILES string of the molecule is Cc1cc(Br)ccc1C(=O)N[C@@H](C)C(=O)NCCF. The normalized spacial score (nSPS) is 11.8. The molecule has 0 unspecified atom stereocenters.